The first kappa shape index (κ1) is 13.5. The molecule has 18 heavy (non-hydrogen) atoms. The van der Waals surface area contributed by atoms with E-state index >= 15 is 0 Å². The van der Waals surface area contributed by atoms with E-state index in [9.17, 15) is 8.42 Å². The standard InChI is InChI=1S/C10H19N5O2S/c11-7-9-3-1-2-6-15(9)18(16,17)14-8-10-12-4-5-13-10/h4-5,9,14H,1-3,6-8,11H2,(H,12,13). The highest BCUT2D eigenvalue weighted by Gasteiger charge is 2.31. The van der Waals surface area contributed by atoms with Crippen molar-refractivity contribution in [3.8, 4) is 0 Å². The molecule has 1 unspecified atom stereocenters. The van der Waals surface area contributed by atoms with Crippen LogP contribution in [-0.4, -0.2) is 41.8 Å². The normalized spacial score (nSPS) is 22.2. The third kappa shape index (κ3) is 3.08. The summed E-state index contributed by atoms with van der Waals surface area (Å²) in [6, 6.07) is -0.0900. The van der Waals surface area contributed by atoms with Crippen molar-refractivity contribution in [1.29, 1.82) is 0 Å². The van der Waals surface area contributed by atoms with Gasteiger partial charge in [0.15, 0.2) is 0 Å². The number of nitrogens with two attached hydrogens (primary N) is 1. The molecular weight excluding hydrogens is 254 g/mol. The lowest BCUT2D eigenvalue weighted by Crippen LogP contribution is -2.51. The van der Waals surface area contributed by atoms with E-state index in [1.807, 2.05) is 0 Å². The molecule has 0 aromatic carbocycles. The van der Waals surface area contributed by atoms with Crippen LogP contribution in [0.4, 0.5) is 0 Å². The number of nitrogens with one attached hydrogen (secondary N) is 2. The van der Waals surface area contributed by atoms with E-state index < -0.39 is 10.2 Å². The minimum absolute atomic E-state index is 0.0900. The molecule has 2 heterocycles. The number of imidazole rings is 1. The van der Waals surface area contributed by atoms with Crippen LogP contribution in [0.2, 0.25) is 0 Å². The van der Waals surface area contributed by atoms with Gasteiger partial charge in [-0.05, 0) is 12.8 Å². The molecule has 0 saturated carbocycles. The van der Waals surface area contributed by atoms with Gasteiger partial charge in [-0.15, -0.1) is 0 Å². The van der Waals surface area contributed by atoms with Crippen molar-refractivity contribution in [3.63, 3.8) is 0 Å². The number of hydrogen-bond acceptors (Lipinski definition) is 4. The van der Waals surface area contributed by atoms with Crippen molar-refractivity contribution in [3.05, 3.63) is 18.2 Å². The van der Waals surface area contributed by atoms with E-state index in [1.54, 1.807) is 12.4 Å². The minimum atomic E-state index is -3.48. The molecule has 0 aliphatic carbocycles. The molecule has 7 nitrogen and oxygen atoms in total. The van der Waals surface area contributed by atoms with Crippen molar-refractivity contribution in [2.45, 2.75) is 31.8 Å². The van der Waals surface area contributed by atoms with Crippen LogP contribution in [-0.2, 0) is 16.8 Å². The maximum atomic E-state index is 12.2. The van der Waals surface area contributed by atoms with E-state index in [4.69, 9.17) is 5.73 Å². The summed E-state index contributed by atoms with van der Waals surface area (Å²) < 4.78 is 28.4. The Morgan fingerprint density at radius 3 is 3.06 bits per heavy atom. The van der Waals surface area contributed by atoms with Crippen LogP contribution in [0.1, 0.15) is 25.1 Å². The van der Waals surface area contributed by atoms with Gasteiger partial charge < -0.3 is 10.7 Å². The van der Waals surface area contributed by atoms with Crippen LogP contribution in [0.3, 0.4) is 0 Å². The maximum Gasteiger partial charge on any atom is 0.280 e. The summed E-state index contributed by atoms with van der Waals surface area (Å²) in [4.78, 5) is 6.83. The van der Waals surface area contributed by atoms with Crippen LogP contribution in [0, 0.1) is 0 Å². The SMILES string of the molecule is NCC1CCCCN1S(=O)(=O)NCc1ncc[nH]1. The summed E-state index contributed by atoms with van der Waals surface area (Å²) in [6.07, 6.45) is 6.00. The fraction of sp³-hybridized carbons (Fsp3) is 0.700. The number of rotatable bonds is 5. The lowest BCUT2D eigenvalue weighted by atomic mass is 10.1. The monoisotopic (exact) mass is 273 g/mol. The summed E-state index contributed by atoms with van der Waals surface area (Å²) >= 11 is 0. The molecule has 1 aliphatic heterocycles. The van der Waals surface area contributed by atoms with Crippen LogP contribution in [0.15, 0.2) is 12.4 Å². The van der Waals surface area contributed by atoms with E-state index in [0.29, 0.717) is 18.9 Å². The Hall–Kier alpha value is -0.960. The first-order valence-corrected chi connectivity index (χ1v) is 7.52. The van der Waals surface area contributed by atoms with Gasteiger partial charge in [0.1, 0.15) is 5.82 Å². The lowest BCUT2D eigenvalue weighted by molar-refractivity contribution is 0.254. The van der Waals surface area contributed by atoms with Crippen LogP contribution in [0.25, 0.3) is 0 Å². The molecule has 1 aromatic rings. The van der Waals surface area contributed by atoms with E-state index in [0.717, 1.165) is 19.3 Å². The summed E-state index contributed by atoms with van der Waals surface area (Å²) in [7, 11) is -3.48. The van der Waals surface area contributed by atoms with E-state index in [1.165, 1.54) is 4.31 Å². The quantitative estimate of drug-likeness (QED) is 0.676. The van der Waals surface area contributed by atoms with E-state index in [-0.39, 0.29) is 12.6 Å². The van der Waals surface area contributed by atoms with Crippen molar-refractivity contribution < 1.29 is 8.42 Å². The van der Waals surface area contributed by atoms with Crippen LogP contribution in [0.5, 0.6) is 0 Å². The molecular formula is C10H19N5O2S. The van der Waals surface area contributed by atoms with Crippen molar-refractivity contribution in [2.75, 3.05) is 13.1 Å². The molecule has 0 amide bonds. The second-order valence-electron chi connectivity index (χ2n) is 4.36. The molecule has 1 fully saturated rings. The summed E-state index contributed by atoms with van der Waals surface area (Å²) in [5.74, 6) is 0.597. The molecule has 1 atom stereocenters. The Labute approximate surface area is 107 Å². The lowest BCUT2D eigenvalue weighted by Gasteiger charge is -2.33. The van der Waals surface area contributed by atoms with Gasteiger partial charge in [-0.2, -0.15) is 17.4 Å². The Balaban J connectivity index is 2.00. The van der Waals surface area contributed by atoms with Gasteiger partial charge in [0, 0.05) is 31.5 Å². The highest BCUT2D eigenvalue weighted by atomic mass is 32.2. The Kier molecular flexibility index (Phi) is 4.33. The molecule has 1 saturated heterocycles. The molecule has 0 spiro atoms. The molecule has 0 bridgehead atoms. The molecule has 2 rings (SSSR count). The van der Waals surface area contributed by atoms with Gasteiger partial charge >= 0.3 is 0 Å². The number of nitrogens with zero attached hydrogens (tertiary/aromatic N) is 2. The maximum absolute atomic E-state index is 12.2. The van der Waals surface area contributed by atoms with Crippen molar-refractivity contribution in [2.24, 2.45) is 5.73 Å². The average Bonchev–Trinajstić information content (AvgIpc) is 2.89. The minimum Gasteiger partial charge on any atom is -0.347 e. The smallest absolute Gasteiger partial charge is 0.280 e. The van der Waals surface area contributed by atoms with Gasteiger partial charge in [-0.3, -0.25) is 0 Å². The van der Waals surface area contributed by atoms with E-state index in [2.05, 4.69) is 14.7 Å². The second-order valence-corrected chi connectivity index (χ2v) is 6.07. The largest absolute Gasteiger partial charge is 0.347 e. The van der Waals surface area contributed by atoms with Gasteiger partial charge in [-0.25, -0.2) is 4.98 Å². The third-order valence-electron chi connectivity index (χ3n) is 3.13. The van der Waals surface area contributed by atoms with Crippen molar-refractivity contribution >= 4 is 10.2 Å². The zero-order valence-electron chi connectivity index (χ0n) is 10.2. The Morgan fingerprint density at radius 2 is 2.39 bits per heavy atom. The first-order valence-electron chi connectivity index (χ1n) is 6.08. The van der Waals surface area contributed by atoms with Gasteiger partial charge in [-0.1, -0.05) is 6.42 Å². The average molecular weight is 273 g/mol. The predicted molar refractivity (Wildman–Crippen MR) is 67.7 cm³/mol. The third-order valence-corrected chi connectivity index (χ3v) is 4.74. The number of piperidine rings is 1. The Bertz CT molecular complexity index is 459. The molecule has 0 radical (unpaired) electrons. The van der Waals surface area contributed by atoms with Gasteiger partial charge in [0.2, 0.25) is 0 Å². The molecule has 8 heteroatoms. The molecule has 4 N–H and O–H groups in total. The second kappa shape index (κ2) is 5.79. The van der Waals surface area contributed by atoms with Crippen molar-refractivity contribution in [1.82, 2.24) is 19.0 Å². The number of aromatic nitrogens is 2. The highest BCUT2D eigenvalue weighted by molar-refractivity contribution is 7.87. The summed E-state index contributed by atoms with van der Waals surface area (Å²) in [5.41, 5.74) is 5.63. The molecule has 1 aliphatic rings. The van der Waals surface area contributed by atoms with Crippen LogP contribution >= 0.6 is 0 Å². The summed E-state index contributed by atoms with van der Waals surface area (Å²) in [6.45, 7) is 1.07. The number of H-pyrrole nitrogens is 1. The topological polar surface area (TPSA) is 104 Å². The molecule has 1 aromatic heterocycles. The van der Waals surface area contributed by atoms with Crippen LogP contribution < -0.4 is 10.5 Å². The first-order chi connectivity index (χ1) is 8.63. The van der Waals surface area contributed by atoms with Gasteiger partial charge in [0.05, 0.1) is 6.54 Å². The highest BCUT2D eigenvalue weighted by Crippen LogP contribution is 2.18. The Morgan fingerprint density at radius 1 is 1.56 bits per heavy atom. The predicted octanol–water partition coefficient (Wildman–Crippen LogP) is -0.443. The molecule has 102 valence electrons. The zero-order chi connectivity index (χ0) is 13.0. The summed E-state index contributed by atoms with van der Waals surface area (Å²) in [5, 5.41) is 0. The fourth-order valence-electron chi connectivity index (χ4n) is 2.16. The number of aromatic amines is 1. The number of hydrogen-bond donors (Lipinski definition) is 3. The fourth-order valence-corrected chi connectivity index (χ4v) is 3.60. The zero-order valence-corrected chi connectivity index (χ0v) is 11.0. The van der Waals surface area contributed by atoms with Gasteiger partial charge in [0.25, 0.3) is 10.2 Å².